The highest BCUT2D eigenvalue weighted by Gasteiger charge is 2.08. The highest BCUT2D eigenvalue weighted by molar-refractivity contribution is 5.93. The summed E-state index contributed by atoms with van der Waals surface area (Å²) in [6.45, 7) is 3.86. The van der Waals surface area contributed by atoms with Crippen LogP contribution in [0.4, 0.5) is 0 Å². The van der Waals surface area contributed by atoms with Gasteiger partial charge in [0.15, 0.2) is 0 Å². The molecule has 0 saturated carbocycles. The molecule has 0 bridgehead atoms. The minimum atomic E-state index is -0.376. The van der Waals surface area contributed by atoms with Gasteiger partial charge in [0.1, 0.15) is 0 Å². The van der Waals surface area contributed by atoms with Crippen LogP contribution in [0.1, 0.15) is 27.0 Å². The lowest BCUT2D eigenvalue weighted by molar-refractivity contribution is 0.1000. The topological polar surface area (TPSA) is 46.3 Å². The maximum atomic E-state index is 11.3. The Hall–Kier alpha value is -2.65. The van der Waals surface area contributed by atoms with Gasteiger partial charge in [0, 0.05) is 18.7 Å². The summed E-state index contributed by atoms with van der Waals surface area (Å²) in [5, 5.41) is 2.63. The Bertz CT molecular complexity index is 896. The first-order chi connectivity index (χ1) is 12.0. The third kappa shape index (κ3) is 4.06. The van der Waals surface area contributed by atoms with Crippen molar-refractivity contribution in [1.29, 1.82) is 0 Å². The van der Waals surface area contributed by atoms with Gasteiger partial charge in [-0.3, -0.25) is 4.79 Å². The van der Waals surface area contributed by atoms with Crippen molar-refractivity contribution < 1.29 is 4.79 Å². The number of fused-ring (bicyclic) bond motifs is 1. The molecule has 1 amide bonds. The first kappa shape index (κ1) is 17.2. The SMILES string of the molecule is Cc1cc(C(N)=O)ccc1CN(C)CCc1cccc2ccccc12. The number of hydrogen-bond acceptors (Lipinski definition) is 2. The number of benzene rings is 3. The van der Waals surface area contributed by atoms with E-state index in [0.29, 0.717) is 5.56 Å². The highest BCUT2D eigenvalue weighted by atomic mass is 16.1. The predicted molar refractivity (Wildman–Crippen MR) is 104 cm³/mol. The van der Waals surface area contributed by atoms with Gasteiger partial charge < -0.3 is 10.6 Å². The molecule has 0 aliphatic heterocycles. The number of primary amides is 1. The van der Waals surface area contributed by atoms with Crippen LogP contribution in [-0.4, -0.2) is 24.4 Å². The molecule has 3 aromatic carbocycles. The van der Waals surface area contributed by atoms with Gasteiger partial charge in [-0.1, -0.05) is 48.5 Å². The molecule has 0 spiro atoms. The fourth-order valence-corrected chi connectivity index (χ4v) is 3.22. The molecule has 3 aromatic rings. The first-order valence-electron chi connectivity index (χ1n) is 8.59. The summed E-state index contributed by atoms with van der Waals surface area (Å²) in [5.41, 5.74) is 9.62. The van der Waals surface area contributed by atoms with Crippen LogP contribution in [0.25, 0.3) is 10.8 Å². The number of rotatable bonds is 6. The molecule has 0 saturated heterocycles. The van der Waals surface area contributed by atoms with Gasteiger partial charge in [0.25, 0.3) is 0 Å². The normalized spacial score (nSPS) is 11.2. The van der Waals surface area contributed by atoms with Crippen LogP contribution in [0.15, 0.2) is 60.7 Å². The molecule has 128 valence electrons. The molecular formula is C22H24N2O. The second-order valence-corrected chi connectivity index (χ2v) is 6.63. The third-order valence-electron chi connectivity index (χ3n) is 4.71. The smallest absolute Gasteiger partial charge is 0.248 e. The Balaban J connectivity index is 1.67. The summed E-state index contributed by atoms with van der Waals surface area (Å²) in [7, 11) is 2.13. The summed E-state index contributed by atoms with van der Waals surface area (Å²) >= 11 is 0. The number of aryl methyl sites for hydroxylation is 1. The molecule has 3 heteroatoms. The van der Waals surface area contributed by atoms with E-state index in [-0.39, 0.29) is 5.91 Å². The van der Waals surface area contributed by atoms with Crippen molar-refractivity contribution in [2.24, 2.45) is 5.73 Å². The summed E-state index contributed by atoms with van der Waals surface area (Å²) in [6.07, 6.45) is 1.01. The molecule has 25 heavy (non-hydrogen) atoms. The molecule has 0 radical (unpaired) electrons. The minimum absolute atomic E-state index is 0.376. The van der Waals surface area contributed by atoms with Crippen molar-refractivity contribution in [1.82, 2.24) is 4.90 Å². The molecular weight excluding hydrogens is 308 g/mol. The van der Waals surface area contributed by atoms with Crippen molar-refractivity contribution in [2.45, 2.75) is 19.9 Å². The number of carbonyl (C=O) groups excluding carboxylic acids is 1. The van der Waals surface area contributed by atoms with Gasteiger partial charge in [0.05, 0.1) is 0 Å². The summed E-state index contributed by atoms with van der Waals surface area (Å²) in [4.78, 5) is 13.6. The second-order valence-electron chi connectivity index (χ2n) is 6.63. The fourth-order valence-electron chi connectivity index (χ4n) is 3.22. The van der Waals surface area contributed by atoms with E-state index >= 15 is 0 Å². The molecule has 0 aliphatic rings. The lowest BCUT2D eigenvalue weighted by Gasteiger charge is -2.19. The van der Waals surface area contributed by atoms with E-state index in [1.54, 1.807) is 0 Å². The maximum absolute atomic E-state index is 11.3. The summed E-state index contributed by atoms with van der Waals surface area (Å²) < 4.78 is 0. The molecule has 0 fully saturated rings. The summed E-state index contributed by atoms with van der Waals surface area (Å²) in [6, 6.07) is 20.7. The monoisotopic (exact) mass is 332 g/mol. The van der Waals surface area contributed by atoms with Crippen LogP contribution in [0.2, 0.25) is 0 Å². The third-order valence-corrected chi connectivity index (χ3v) is 4.71. The van der Waals surface area contributed by atoms with E-state index in [9.17, 15) is 4.79 Å². The molecule has 3 rings (SSSR count). The van der Waals surface area contributed by atoms with Crippen molar-refractivity contribution in [3.8, 4) is 0 Å². The zero-order valence-corrected chi connectivity index (χ0v) is 14.8. The quantitative estimate of drug-likeness (QED) is 0.743. The minimum Gasteiger partial charge on any atom is -0.366 e. The molecule has 0 unspecified atom stereocenters. The molecule has 0 aliphatic carbocycles. The lowest BCUT2D eigenvalue weighted by atomic mass is 10.0. The van der Waals surface area contributed by atoms with E-state index in [0.717, 1.165) is 25.1 Å². The van der Waals surface area contributed by atoms with Crippen LogP contribution in [0.3, 0.4) is 0 Å². The maximum Gasteiger partial charge on any atom is 0.248 e. The van der Waals surface area contributed by atoms with E-state index in [4.69, 9.17) is 5.73 Å². The number of likely N-dealkylation sites (N-methyl/N-ethyl adjacent to an activating group) is 1. The molecule has 0 aromatic heterocycles. The first-order valence-corrected chi connectivity index (χ1v) is 8.59. The van der Waals surface area contributed by atoms with Gasteiger partial charge in [-0.15, -0.1) is 0 Å². The van der Waals surface area contributed by atoms with Gasteiger partial charge in [-0.05, 0) is 60.0 Å². The second kappa shape index (κ2) is 7.49. The Labute approximate surface area is 149 Å². The standard InChI is InChI=1S/C22H24N2O/c1-16-14-19(22(23)25)10-11-20(16)15-24(2)13-12-18-8-5-7-17-6-3-4-9-21(17)18/h3-11,14H,12-13,15H2,1-2H3,(H2,23,25). The lowest BCUT2D eigenvalue weighted by Crippen LogP contribution is -2.21. The largest absolute Gasteiger partial charge is 0.366 e. The van der Waals surface area contributed by atoms with Crippen LogP contribution in [0, 0.1) is 6.92 Å². The number of carbonyl (C=O) groups is 1. The van der Waals surface area contributed by atoms with Crippen molar-refractivity contribution in [3.05, 3.63) is 82.9 Å². The van der Waals surface area contributed by atoms with Crippen LogP contribution in [0.5, 0.6) is 0 Å². The van der Waals surface area contributed by atoms with E-state index in [1.807, 2.05) is 25.1 Å². The van der Waals surface area contributed by atoms with Crippen LogP contribution < -0.4 is 5.73 Å². The van der Waals surface area contributed by atoms with Crippen LogP contribution >= 0.6 is 0 Å². The van der Waals surface area contributed by atoms with E-state index in [2.05, 4.69) is 54.4 Å². The highest BCUT2D eigenvalue weighted by Crippen LogP contribution is 2.19. The number of nitrogens with two attached hydrogens (primary N) is 1. The van der Waals surface area contributed by atoms with Gasteiger partial charge in [-0.25, -0.2) is 0 Å². The van der Waals surface area contributed by atoms with E-state index in [1.165, 1.54) is 21.9 Å². The van der Waals surface area contributed by atoms with Crippen LogP contribution in [-0.2, 0) is 13.0 Å². The number of hydrogen-bond donors (Lipinski definition) is 1. The van der Waals surface area contributed by atoms with Crippen molar-refractivity contribution in [3.63, 3.8) is 0 Å². The van der Waals surface area contributed by atoms with E-state index < -0.39 is 0 Å². The van der Waals surface area contributed by atoms with Gasteiger partial charge in [-0.2, -0.15) is 0 Å². The molecule has 0 heterocycles. The Morgan fingerprint density at radius 3 is 2.52 bits per heavy atom. The number of nitrogens with zero attached hydrogens (tertiary/aromatic N) is 1. The molecule has 2 N–H and O–H groups in total. The number of amides is 1. The van der Waals surface area contributed by atoms with Crippen molar-refractivity contribution >= 4 is 16.7 Å². The zero-order chi connectivity index (χ0) is 17.8. The fraction of sp³-hybridized carbons (Fsp3) is 0.227. The molecule has 0 atom stereocenters. The van der Waals surface area contributed by atoms with Gasteiger partial charge >= 0.3 is 0 Å². The zero-order valence-electron chi connectivity index (χ0n) is 14.8. The average Bonchev–Trinajstić information content (AvgIpc) is 2.61. The Kier molecular flexibility index (Phi) is 5.15. The van der Waals surface area contributed by atoms with Gasteiger partial charge in [0.2, 0.25) is 5.91 Å². The average molecular weight is 332 g/mol. The Morgan fingerprint density at radius 1 is 1.00 bits per heavy atom. The Morgan fingerprint density at radius 2 is 1.76 bits per heavy atom. The predicted octanol–water partition coefficient (Wildman–Crippen LogP) is 3.92. The summed E-state index contributed by atoms with van der Waals surface area (Å²) in [5.74, 6) is -0.376. The van der Waals surface area contributed by atoms with Crippen molar-refractivity contribution in [2.75, 3.05) is 13.6 Å². The molecule has 3 nitrogen and oxygen atoms in total.